The molecule has 214 valence electrons. The average molecular weight is 606 g/mol. The first-order valence-corrected chi connectivity index (χ1v) is 15.7. The number of ether oxygens (including phenoxy) is 3. The number of carbonyl (C=O) groups excluding carboxylic acids is 4. The number of thioether (sulfide) groups is 1. The van der Waals surface area contributed by atoms with Gasteiger partial charge in [0.15, 0.2) is 4.80 Å². The lowest BCUT2D eigenvalue weighted by molar-refractivity contribution is -0.143. The average Bonchev–Trinajstić information content (AvgIpc) is 3.45. The lowest BCUT2D eigenvalue weighted by atomic mass is 9.95. The summed E-state index contributed by atoms with van der Waals surface area (Å²) in [6.45, 7) is 4.29. The predicted molar refractivity (Wildman–Crippen MR) is 156 cm³/mol. The molecule has 1 aliphatic rings. The summed E-state index contributed by atoms with van der Waals surface area (Å²) < 4.78 is 18.1. The van der Waals surface area contributed by atoms with Crippen LogP contribution in [0.4, 0.5) is 5.00 Å². The Morgan fingerprint density at radius 3 is 2.62 bits per heavy atom. The van der Waals surface area contributed by atoms with E-state index in [1.165, 1.54) is 29.8 Å². The fourth-order valence-corrected chi connectivity index (χ4v) is 7.36. The van der Waals surface area contributed by atoms with E-state index < -0.39 is 17.8 Å². The van der Waals surface area contributed by atoms with E-state index in [4.69, 9.17) is 14.2 Å². The smallest absolute Gasteiger partial charge is 0.341 e. The Morgan fingerprint density at radius 2 is 1.88 bits per heavy atom. The minimum atomic E-state index is -0.454. The Labute approximate surface area is 243 Å². The first kappa shape index (κ1) is 29.8. The van der Waals surface area contributed by atoms with Gasteiger partial charge in [-0.1, -0.05) is 11.3 Å². The zero-order valence-electron chi connectivity index (χ0n) is 22.6. The van der Waals surface area contributed by atoms with Crippen molar-refractivity contribution in [1.29, 1.82) is 0 Å². The van der Waals surface area contributed by atoms with Gasteiger partial charge in [0, 0.05) is 4.88 Å². The van der Waals surface area contributed by atoms with Crippen molar-refractivity contribution >= 4 is 73.4 Å². The fraction of sp³-hybridized carbons (Fsp3) is 0.444. The lowest BCUT2D eigenvalue weighted by Gasteiger charge is -2.11. The van der Waals surface area contributed by atoms with Crippen LogP contribution in [0, 0.1) is 0 Å². The maximum Gasteiger partial charge on any atom is 0.341 e. The third-order valence-corrected chi connectivity index (χ3v) is 9.22. The molecule has 10 nitrogen and oxygen atoms in total. The molecule has 3 aromatic rings. The quantitative estimate of drug-likeness (QED) is 0.323. The van der Waals surface area contributed by atoms with Gasteiger partial charge in [0.2, 0.25) is 5.91 Å². The summed E-state index contributed by atoms with van der Waals surface area (Å²) in [6, 6.07) is 5.47. The normalized spacial score (nSPS) is 13.1. The summed E-state index contributed by atoms with van der Waals surface area (Å²) in [5, 5.41) is 3.33. The number of aryl methyl sites for hydroxylation is 1. The molecule has 0 atom stereocenters. The SMILES string of the molecule is CCOC(=O)Cn1c(=NC(=O)CSCC(=O)Nc2sc3c(c2C(=O)OC)CCCC3)sc2cc(OCC)ccc21. The highest BCUT2D eigenvalue weighted by Crippen LogP contribution is 2.38. The van der Waals surface area contributed by atoms with E-state index in [1.54, 1.807) is 17.6 Å². The van der Waals surface area contributed by atoms with E-state index in [2.05, 4.69) is 10.3 Å². The summed E-state index contributed by atoms with van der Waals surface area (Å²) in [7, 11) is 1.33. The Hall–Kier alpha value is -3.16. The third kappa shape index (κ3) is 7.12. The second-order valence-corrected chi connectivity index (χ2v) is 11.9. The van der Waals surface area contributed by atoms with Gasteiger partial charge >= 0.3 is 11.9 Å². The highest BCUT2D eigenvalue weighted by molar-refractivity contribution is 8.00. The number of hydrogen-bond donors (Lipinski definition) is 1. The molecule has 0 unspecified atom stereocenters. The predicted octanol–water partition coefficient (Wildman–Crippen LogP) is 4.19. The van der Waals surface area contributed by atoms with E-state index in [9.17, 15) is 19.2 Å². The summed E-state index contributed by atoms with van der Waals surface area (Å²) >= 11 is 3.81. The first-order chi connectivity index (χ1) is 19.3. The molecule has 0 fully saturated rings. The number of nitrogens with zero attached hydrogens (tertiary/aromatic N) is 2. The standard InChI is InChI=1S/C27H31N3O7S3/c1-4-36-16-10-11-18-20(12-16)40-27(30(18)13-23(33)37-5-2)29-22(32)15-38-14-21(31)28-25-24(26(34)35-3)17-8-6-7-9-19(17)39-25/h10-12H,4-9,13-15H2,1-3H3,(H,28,31). The number of amides is 2. The van der Waals surface area contributed by atoms with Crippen LogP contribution >= 0.6 is 34.4 Å². The number of rotatable bonds is 11. The van der Waals surface area contributed by atoms with Crippen LogP contribution in [-0.4, -0.2) is 60.1 Å². The molecule has 1 aromatic carbocycles. The monoisotopic (exact) mass is 605 g/mol. The zero-order valence-corrected chi connectivity index (χ0v) is 25.0. The number of benzene rings is 1. The van der Waals surface area contributed by atoms with Gasteiger partial charge < -0.3 is 24.1 Å². The number of nitrogens with one attached hydrogen (secondary N) is 1. The van der Waals surface area contributed by atoms with Crippen LogP contribution in [0.1, 0.15) is 47.5 Å². The minimum Gasteiger partial charge on any atom is -0.494 e. The van der Waals surface area contributed by atoms with Crippen molar-refractivity contribution in [3.8, 4) is 5.75 Å². The fourth-order valence-electron chi connectivity index (χ4n) is 4.39. The number of methoxy groups -OCH3 is 1. The van der Waals surface area contributed by atoms with Crippen molar-refractivity contribution < 1.29 is 33.4 Å². The Balaban J connectivity index is 1.44. The van der Waals surface area contributed by atoms with Gasteiger partial charge in [0.1, 0.15) is 17.3 Å². The number of thiophene rings is 1. The summed E-state index contributed by atoms with van der Waals surface area (Å²) in [5.41, 5.74) is 2.14. The number of aromatic nitrogens is 1. The van der Waals surface area contributed by atoms with Gasteiger partial charge in [0.25, 0.3) is 5.91 Å². The van der Waals surface area contributed by atoms with E-state index in [0.29, 0.717) is 27.7 Å². The van der Waals surface area contributed by atoms with E-state index >= 15 is 0 Å². The highest BCUT2D eigenvalue weighted by Gasteiger charge is 2.27. The van der Waals surface area contributed by atoms with Crippen molar-refractivity contribution in [3.63, 3.8) is 0 Å². The molecule has 4 rings (SSSR count). The molecule has 0 spiro atoms. The van der Waals surface area contributed by atoms with Gasteiger partial charge in [-0.05, 0) is 63.3 Å². The molecule has 2 aromatic heterocycles. The largest absolute Gasteiger partial charge is 0.494 e. The summed E-state index contributed by atoms with van der Waals surface area (Å²) in [4.78, 5) is 55.8. The summed E-state index contributed by atoms with van der Waals surface area (Å²) in [6.07, 6.45) is 3.72. The number of carbonyl (C=O) groups is 4. The van der Waals surface area contributed by atoms with Crippen LogP contribution in [0.25, 0.3) is 10.2 Å². The molecular formula is C27H31N3O7S3. The van der Waals surface area contributed by atoms with Crippen LogP contribution < -0.4 is 14.9 Å². The number of hydrogen-bond acceptors (Lipinski definition) is 10. The maximum atomic E-state index is 12.8. The van der Waals surface area contributed by atoms with Crippen LogP contribution in [-0.2, 0) is 43.2 Å². The highest BCUT2D eigenvalue weighted by atomic mass is 32.2. The van der Waals surface area contributed by atoms with Crippen molar-refractivity contribution in [3.05, 3.63) is 39.0 Å². The van der Waals surface area contributed by atoms with Gasteiger partial charge in [-0.2, -0.15) is 4.99 Å². The second-order valence-electron chi connectivity index (χ2n) is 8.79. The first-order valence-electron chi connectivity index (χ1n) is 12.9. The van der Waals surface area contributed by atoms with Crippen molar-refractivity contribution in [1.82, 2.24) is 4.57 Å². The van der Waals surface area contributed by atoms with Gasteiger partial charge in [0.05, 0.1) is 47.6 Å². The topological polar surface area (TPSA) is 125 Å². The molecule has 0 saturated carbocycles. The number of fused-ring (bicyclic) bond motifs is 2. The van der Waals surface area contributed by atoms with E-state index in [1.807, 2.05) is 19.1 Å². The van der Waals surface area contributed by atoms with Crippen LogP contribution in [0.5, 0.6) is 5.75 Å². The summed E-state index contributed by atoms with van der Waals surface area (Å²) in [5.74, 6) is -0.978. The molecule has 2 amide bonds. The zero-order chi connectivity index (χ0) is 28.6. The minimum absolute atomic E-state index is 0.0113. The molecule has 40 heavy (non-hydrogen) atoms. The van der Waals surface area contributed by atoms with Crippen LogP contribution in [0.3, 0.4) is 0 Å². The van der Waals surface area contributed by atoms with Gasteiger partial charge in [-0.15, -0.1) is 23.1 Å². The van der Waals surface area contributed by atoms with Crippen LogP contribution in [0.2, 0.25) is 0 Å². The molecule has 1 N–H and O–H groups in total. The molecule has 13 heteroatoms. The number of esters is 2. The van der Waals surface area contributed by atoms with Gasteiger partial charge in [-0.25, -0.2) is 4.79 Å². The third-order valence-electron chi connectivity index (χ3n) is 6.05. The second kappa shape index (κ2) is 14.0. The lowest BCUT2D eigenvalue weighted by Crippen LogP contribution is -2.23. The molecule has 0 saturated heterocycles. The number of thiazole rings is 1. The molecule has 0 bridgehead atoms. The van der Waals surface area contributed by atoms with E-state index in [-0.39, 0.29) is 30.6 Å². The van der Waals surface area contributed by atoms with Crippen molar-refractivity contribution in [2.75, 3.05) is 37.1 Å². The molecule has 0 radical (unpaired) electrons. The van der Waals surface area contributed by atoms with Crippen LogP contribution in [0.15, 0.2) is 23.2 Å². The van der Waals surface area contributed by atoms with Gasteiger partial charge in [-0.3, -0.25) is 14.4 Å². The van der Waals surface area contributed by atoms with Crippen molar-refractivity contribution in [2.24, 2.45) is 4.99 Å². The molecule has 0 aliphatic heterocycles. The molecular weight excluding hydrogens is 575 g/mol. The maximum absolute atomic E-state index is 12.8. The Kier molecular flexibility index (Phi) is 10.4. The number of anilines is 1. The Morgan fingerprint density at radius 1 is 1.07 bits per heavy atom. The molecule has 1 aliphatic carbocycles. The molecule has 2 heterocycles. The van der Waals surface area contributed by atoms with Crippen molar-refractivity contribution in [2.45, 2.75) is 46.1 Å². The Bertz CT molecular complexity index is 1490. The van der Waals surface area contributed by atoms with E-state index in [0.717, 1.165) is 58.1 Å².